The van der Waals surface area contributed by atoms with Crippen molar-refractivity contribution in [2.75, 3.05) is 0 Å². The average molecular weight is 615 g/mol. The van der Waals surface area contributed by atoms with Crippen LogP contribution >= 0.6 is 0 Å². The van der Waals surface area contributed by atoms with Gasteiger partial charge >= 0.3 is 18.4 Å². The van der Waals surface area contributed by atoms with Gasteiger partial charge < -0.3 is 24.1 Å². The van der Waals surface area contributed by atoms with Crippen molar-refractivity contribution in [3.05, 3.63) is 52.6 Å². The number of aromatic nitrogens is 2. The fourth-order valence-corrected chi connectivity index (χ4v) is 3.95. The Morgan fingerprint density at radius 2 is 1.45 bits per heavy atom. The monoisotopic (exact) mass is 614 g/mol. The maximum atomic E-state index is 15.2. The highest BCUT2D eigenvalue weighted by Gasteiger charge is 2.27. The van der Waals surface area contributed by atoms with Crippen LogP contribution in [0.2, 0.25) is 0 Å². The molecule has 2 aromatic heterocycles. The molecule has 3 aromatic rings. The van der Waals surface area contributed by atoms with Crippen LogP contribution in [-0.2, 0) is 14.2 Å². The summed E-state index contributed by atoms with van der Waals surface area (Å²) in [4.78, 5) is 43.3. The molecule has 0 aliphatic heterocycles. The van der Waals surface area contributed by atoms with Crippen molar-refractivity contribution >= 4 is 29.3 Å². The molecule has 0 aliphatic carbocycles. The Labute approximate surface area is 255 Å². The highest BCUT2D eigenvalue weighted by molar-refractivity contribution is 5.89. The summed E-state index contributed by atoms with van der Waals surface area (Å²) in [6.07, 6.45) is -2.93. The lowest BCUT2D eigenvalue weighted by atomic mass is 10.1. The number of halogens is 1. The Kier molecular flexibility index (Phi) is 9.46. The van der Waals surface area contributed by atoms with Gasteiger partial charge in [-0.2, -0.15) is 0 Å². The smallest absolute Gasteiger partial charge is 0.443 e. The number of aliphatic hydroxyl groups is 1. The Morgan fingerprint density at radius 3 is 2.02 bits per heavy atom. The zero-order chi connectivity index (χ0) is 33.4. The number of fused-ring (bicyclic) bond motifs is 1. The normalized spacial score (nSPS) is 12.7. The number of aliphatic hydroxyl groups excluding tert-OH is 1. The quantitative estimate of drug-likeness (QED) is 0.194. The van der Waals surface area contributed by atoms with Crippen LogP contribution in [0.3, 0.4) is 0 Å². The number of benzene rings is 1. The lowest BCUT2D eigenvalue weighted by Crippen LogP contribution is -2.31. The highest BCUT2D eigenvalue weighted by atomic mass is 19.1. The van der Waals surface area contributed by atoms with E-state index in [9.17, 15) is 19.5 Å². The van der Waals surface area contributed by atoms with Crippen LogP contribution in [0.1, 0.15) is 90.8 Å². The summed E-state index contributed by atoms with van der Waals surface area (Å²) in [6.45, 7) is 18.4. The summed E-state index contributed by atoms with van der Waals surface area (Å²) < 4.78 is 38.5. The summed E-state index contributed by atoms with van der Waals surface area (Å²) in [5.74, 6) is 4.13. The predicted octanol–water partition coefficient (Wildman–Crippen LogP) is 6.74. The molecule has 0 saturated heterocycles. The number of carbonyl (C=O) groups is 3. The maximum absolute atomic E-state index is 15.2. The zero-order valence-electron chi connectivity index (χ0n) is 26.9. The minimum Gasteiger partial charge on any atom is -0.443 e. The molecule has 0 radical (unpaired) electrons. The molecule has 0 bridgehead atoms. The minimum atomic E-state index is -1.52. The van der Waals surface area contributed by atoms with Gasteiger partial charge in [0, 0.05) is 17.6 Å². The maximum Gasteiger partial charge on any atom is 0.534 e. The largest absolute Gasteiger partial charge is 0.534 e. The zero-order valence-corrected chi connectivity index (χ0v) is 26.9. The van der Waals surface area contributed by atoms with Crippen molar-refractivity contribution in [1.82, 2.24) is 9.30 Å². The van der Waals surface area contributed by atoms with Crippen molar-refractivity contribution in [2.24, 2.45) is 0 Å². The molecule has 0 amide bonds. The van der Waals surface area contributed by atoms with E-state index in [2.05, 4.69) is 11.8 Å². The molecule has 3 rings (SSSR count). The van der Waals surface area contributed by atoms with Crippen molar-refractivity contribution in [3.63, 3.8) is 0 Å². The molecule has 11 nitrogen and oxygen atoms in total. The minimum absolute atomic E-state index is 0.0854. The van der Waals surface area contributed by atoms with Gasteiger partial charge in [-0.1, -0.05) is 11.8 Å². The van der Waals surface area contributed by atoms with Gasteiger partial charge in [0.15, 0.2) is 6.10 Å². The van der Waals surface area contributed by atoms with Gasteiger partial charge in [0.1, 0.15) is 22.6 Å². The van der Waals surface area contributed by atoms with E-state index in [-0.39, 0.29) is 28.0 Å². The van der Waals surface area contributed by atoms with E-state index < -0.39 is 47.1 Å². The SMILES string of the molecule is Cc1cn(C(=O)OC(C)(C)C)c(C(O)C#Cc2c(F)ccc3c2cc(OC(=O)OC(C)(C)C)n3OC(=O)OC(C)(C)C)c1C. The Balaban J connectivity index is 2.12. The fourth-order valence-electron chi connectivity index (χ4n) is 3.95. The summed E-state index contributed by atoms with van der Waals surface area (Å²) >= 11 is 0. The van der Waals surface area contributed by atoms with E-state index in [1.807, 2.05) is 0 Å². The average Bonchev–Trinajstić information content (AvgIpc) is 3.31. The van der Waals surface area contributed by atoms with Crippen LogP contribution in [0.15, 0.2) is 24.4 Å². The van der Waals surface area contributed by atoms with E-state index in [0.717, 1.165) is 10.8 Å². The molecule has 12 heteroatoms. The van der Waals surface area contributed by atoms with Crippen molar-refractivity contribution in [1.29, 1.82) is 0 Å². The lowest BCUT2D eigenvalue weighted by molar-refractivity contribution is -0.0163. The van der Waals surface area contributed by atoms with Gasteiger partial charge in [0.25, 0.3) is 0 Å². The number of carbonyl (C=O) groups excluding carboxylic acids is 3. The second kappa shape index (κ2) is 12.2. The molecule has 1 unspecified atom stereocenters. The van der Waals surface area contributed by atoms with Gasteiger partial charge in [-0.25, -0.2) is 18.8 Å². The molecule has 2 heterocycles. The first-order valence-electron chi connectivity index (χ1n) is 13.8. The number of rotatable bonds is 3. The van der Waals surface area contributed by atoms with E-state index in [1.165, 1.54) is 22.9 Å². The van der Waals surface area contributed by atoms with Gasteiger partial charge in [-0.15, -0.1) is 4.73 Å². The third-order valence-corrected chi connectivity index (χ3v) is 5.73. The Bertz CT molecular complexity index is 1650. The van der Waals surface area contributed by atoms with Crippen LogP contribution in [-0.4, -0.2) is 49.6 Å². The summed E-state index contributed by atoms with van der Waals surface area (Å²) in [5.41, 5.74) is -1.22. The van der Waals surface area contributed by atoms with E-state index >= 15 is 4.39 Å². The van der Waals surface area contributed by atoms with E-state index in [1.54, 1.807) is 76.2 Å². The van der Waals surface area contributed by atoms with Gasteiger partial charge in [-0.05, 0) is 99.4 Å². The van der Waals surface area contributed by atoms with E-state index in [0.29, 0.717) is 11.1 Å². The number of hydrogen-bond donors (Lipinski definition) is 1. The summed E-state index contributed by atoms with van der Waals surface area (Å²) in [7, 11) is 0. The molecule has 1 aromatic carbocycles. The standard InChI is InChI=1S/C32H39FN2O9/c1-18-17-34(27(37)41-30(3,4)5)26(19(18)2)24(36)15-12-20-21-16-25(40-28(38)42-31(6,7)8)35(23(21)14-13-22(20)33)44-29(39)43-32(9,10)11/h13-14,16-17,24,36H,1-11H3. The summed E-state index contributed by atoms with van der Waals surface area (Å²) in [6, 6.07) is 3.60. The highest BCUT2D eigenvalue weighted by Crippen LogP contribution is 2.31. The second-order valence-electron chi connectivity index (χ2n) is 13.1. The number of nitrogens with zero attached hydrogens (tertiary/aromatic N) is 2. The summed E-state index contributed by atoms with van der Waals surface area (Å²) in [5, 5.41) is 11.2. The van der Waals surface area contributed by atoms with Gasteiger partial charge in [-0.3, -0.25) is 9.40 Å². The van der Waals surface area contributed by atoms with Crippen LogP contribution in [0.5, 0.6) is 5.88 Å². The molecular weight excluding hydrogens is 575 g/mol. The first kappa shape index (κ1) is 34.0. The molecule has 1 N–H and O–H groups in total. The van der Waals surface area contributed by atoms with Crippen molar-refractivity contribution in [2.45, 2.75) is 99.1 Å². The van der Waals surface area contributed by atoms with Crippen molar-refractivity contribution < 1.29 is 47.7 Å². The van der Waals surface area contributed by atoms with Crippen LogP contribution in [0.4, 0.5) is 18.8 Å². The molecule has 0 aliphatic rings. The predicted molar refractivity (Wildman–Crippen MR) is 159 cm³/mol. The van der Waals surface area contributed by atoms with Gasteiger partial charge in [0.2, 0.25) is 5.88 Å². The van der Waals surface area contributed by atoms with Crippen LogP contribution < -0.4 is 9.57 Å². The van der Waals surface area contributed by atoms with Gasteiger partial charge in [0.05, 0.1) is 16.8 Å². The first-order chi connectivity index (χ1) is 20.1. The van der Waals surface area contributed by atoms with Crippen molar-refractivity contribution in [3.8, 4) is 17.7 Å². The Morgan fingerprint density at radius 1 is 0.886 bits per heavy atom. The molecule has 0 saturated carbocycles. The van der Waals surface area contributed by atoms with Crippen LogP contribution in [0, 0.1) is 31.5 Å². The molecular formula is C32H39FN2O9. The molecule has 0 spiro atoms. The lowest BCUT2D eigenvalue weighted by Gasteiger charge is -2.21. The number of aryl methyl sites for hydroxylation is 1. The number of ether oxygens (including phenoxy) is 4. The molecule has 238 valence electrons. The van der Waals surface area contributed by atoms with Crippen LogP contribution in [0.25, 0.3) is 10.9 Å². The molecule has 0 fully saturated rings. The Hall–Kier alpha value is -4.50. The topological polar surface area (TPSA) is 127 Å². The number of hydrogen-bond acceptors (Lipinski definition) is 9. The second-order valence-corrected chi connectivity index (χ2v) is 13.1. The molecule has 44 heavy (non-hydrogen) atoms. The molecule has 1 atom stereocenters. The van der Waals surface area contributed by atoms with E-state index in [4.69, 9.17) is 23.8 Å². The first-order valence-corrected chi connectivity index (χ1v) is 13.8. The fraction of sp³-hybridized carbons (Fsp3) is 0.469. The third-order valence-electron chi connectivity index (χ3n) is 5.73. The third kappa shape index (κ3) is 8.54.